The van der Waals surface area contributed by atoms with Gasteiger partial charge in [0.05, 0.1) is 31.7 Å². The van der Waals surface area contributed by atoms with Crippen molar-refractivity contribution in [1.82, 2.24) is 0 Å². The van der Waals surface area contributed by atoms with Crippen LogP contribution >= 0.6 is 0 Å². The fourth-order valence-electron chi connectivity index (χ4n) is 2.65. The van der Waals surface area contributed by atoms with Crippen LogP contribution in [0.15, 0.2) is 30.9 Å². The van der Waals surface area contributed by atoms with Crippen molar-refractivity contribution in [2.75, 3.05) is 30.1 Å². The number of hydrogen-bond donors (Lipinski definition) is 0. The number of ether oxygens (including phenoxy) is 3. The maximum Gasteiger partial charge on any atom is 0.416 e. The highest BCUT2D eigenvalue weighted by molar-refractivity contribution is 6.05. The summed E-state index contributed by atoms with van der Waals surface area (Å²) in [5, 5.41) is 0. The Morgan fingerprint density at radius 2 is 1.71 bits per heavy atom. The largest absolute Gasteiger partial charge is 0.497 e. The molecule has 0 aromatic heterocycles. The molecule has 1 aromatic carbocycles. The third-order valence-electron chi connectivity index (χ3n) is 3.60. The molecule has 0 radical (unpaired) electrons. The van der Waals surface area contributed by atoms with Crippen molar-refractivity contribution in [1.29, 1.82) is 0 Å². The average molecular weight is 334 g/mol. The predicted octanol–water partition coefficient (Wildman–Crippen LogP) is 3.54. The van der Waals surface area contributed by atoms with E-state index in [1.807, 2.05) is 0 Å². The van der Waals surface area contributed by atoms with Gasteiger partial charge in [0.1, 0.15) is 11.9 Å². The fraction of sp³-hybridized carbons (Fsp3) is 0.412. The Balaban J connectivity index is 2.54. The lowest BCUT2D eigenvalue weighted by atomic mass is 10.2. The number of nitrogens with zero attached hydrogens (tertiary/aromatic N) is 2. The molecule has 7 nitrogen and oxygen atoms in total. The maximum atomic E-state index is 12.5. The summed E-state index contributed by atoms with van der Waals surface area (Å²) in [6, 6.07) is 5.15. The van der Waals surface area contributed by atoms with Crippen LogP contribution in [0.25, 0.3) is 0 Å². The molecule has 1 aliphatic heterocycles. The van der Waals surface area contributed by atoms with Gasteiger partial charge >= 0.3 is 12.2 Å². The van der Waals surface area contributed by atoms with E-state index in [0.717, 1.165) is 0 Å². The van der Waals surface area contributed by atoms with Crippen molar-refractivity contribution < 1.29 is 23.8 Å². The number of rotatable bonds is 5. The Labute approximate surface area is 141 Å². The van der Waals surface area contributed by atoms with E-state index in [1.54, 1.807) is 38.1 Å². The number of anilines is 2. The third kappa shape index (κ3) is 3.15. The second-order valence-electron chi connectivity index (χ2n) is 5.00. The SMILES string of the molecule is C=CCC1N(C(=O)OCC)c2ccc(OC)cc2N1C(=O)OCC. The summed E-state index contributed by atoms with van der Waals surface area (Å²) in [6.45, 7) is 7.65. The van der Waals surface area contributed by atoms with E-state index >= 15 is 0 Å². The van der Waals surface area contributed by atoms with Crippen LogP contribution in [0, 0.1) is 0 Å². The number of hydrogen-bond acceptors (Lipinski definition) is 5. The van der Waals surface area contributed by atoms with E-state index in [2.05, 4.69) is 6.58 Å². The molecule has 1 atom stereocenters. The highest BCUT2D eigenvalue weighted by Crippen LogP contribution is 2.43. The zero-order valence-electron chi connectivity index (χ0n) is 14.2. The predicted molar refractivity (Wildman–Crippen MR) is 90.6 cm³/mol. The molecule has 0 N–H and O–H groups in total. The van der Waals surface area contributed by atoms with Crippen LogP contribution in [-0.4, -0.2) is 38.7 Å². The van der Waals surface area contributed by atoms with Crippen molar-refractivity contribution in [3.8, 4) is 5.75 Å². The van der Waals surface area contributed by atoms with Gasteiger partial charge in [-0.25, -0.2) is 9.59 Å². The molecule has 0 aliphatic carbocycles. The molecule has 130 valence electrons. The van der Waals surface area contributed by atoms with Gasteiger partial charge in [-0.3, -0.25) is 9.80 Å². The quantitative estimate of drug-likeness (QED) is 0.771. The van der Waals surface area contributed by atoms with Gasteiger partial charge in [0, 0.05) is 12.5 Å². The number of carbonyl (C=O) groups is 2. The van der Waals surface area contributed by atoms with Gasteiger partial charge in [-0.05, 0) is 26.0 Å². The number of carbonyl (C=O) groups excluding carboxylic acids is 2. The number of fused-ring (bicyclic) bond motifs is 1. The van der Waals surface area contributed by atoms with Crippen molar-refractivity contribution in [3.63, 3.8) is 0 Å². The Kier molecular flexibility index (Phi) is 5.68. The minimum absolute atomic E-state index is 0.231. The van der Waals surface area contributed by atoms with Crippen molar-refractivity contribution >= 4 is 23.6 Å². The molecular weight excluding hydrogens is 312 g/mol. The molecule has 1 heterocycles. The fourth-order valence-corrected chi connectivity index (χ4v) is 2.65. The average Bonchev–Trinajstić information content (AvgIpc) is 2.88. The van der Waals surface area contributed by atoms with E-state index in [9.17, 15) is 9.59 Å². The van der Waals surface area contributed by atoms with Crippen molar-refractivity contribution in [2.24, 2.45) is 0 Å². The Morgan fingerprint density at radius 1 is 1.12 bits per heavy atom. The van der Waals surface area contributed by atoms with Gasteiger partial charge in [0.15, 0.2) is 0 Å². The van der Waals surface area contributed by atoms with Crippen LogP contribution < -0.4 is 14.5 Å². The first kappa shape index (κ1) is 17.7. The summed E-state index contributed by atoms with van der Waals surface area (Å²) >= 11 is 0. The minimum Gasteiger partial charge on any atom is -0.497 e. The molecule has 2 amide bonds. The third-order valence-corrected chi connectivity index (χ3v) is 3.60. The zero-order chi connectivity index (χ0) is 17.7. The molecule has 1 aromatic rings. The number of amides is 2. The summed E-state index contributed by atoms with van der Waals surface area (Å²) < 4.78 is 15.5. The van der Waals surface area contributed by atoms with E-state index < -0.39 is 18.4 Å². The van der Waals surface area contributed by atoms with Gasteiger partial charge in [0.25, 0.3) is 0 Å². The molecule has 1 aliphatic rings. The van der Waals surface area contributed by atoms with E-state index in [4.69, 9.17) is 14.2 Å². The van der Waals surface area contributed by atoms with Crippen molar-refractivity contribution in [3.05, 3.63) is 30.9 Å². The molecule has 24 heavy (non-hydrogen) atoms. The first-order chi connectivity index (χ1) is 11.6. The van der Waals surface area contributed by atoms with Gasteiger partial charge in [-0.15, -0.1) is 6.58 Å². The summed E-state index contributed by atoms with van der Waals surface area (Å²) in [7, 11) is 1.54. The summed E-state index contributed by atoms with van der Waals surface area (Å²) in [5.74, 6) is 0.575. The lowest BCUT2D eigenvalue weighted by Crippen LogP contribution is -2.48. The molecule has 1 unspecified atom stereocenters. The van der Waals surface area contributed by atoms with Crippen LogP contribution in [0.4, 0.5) is 21.0 Å². The van der Waals surface area contributed by atoms with E-state index in [0.29, 0.717) is 23.5 Å². The Bertz CT molecular complexity index is 631. The molecule has 0 spiro atoms. The van der Waals surface area contributed by atoms with Crippen LogP contribution in [-0.2, 0) is 9.47 Å². The molecule has 0 bridgehead atoms. The van der Waals surface area contributed by atoms with Crippen LogP contribution in [0.3, 0.4) is 0 Å². The molecule has 7 heteroatoms. The molecule has 0 saturated heterocycles. The highest BCUT2D eigenvalue weighted by atomic mass is 16.6. The standard InChI is InChI=1S/C17H22N2O5/c1-5-8-15-18(16(20)23-6-2)13-10-9-12(22-4)11-14(13)19(15)17(21)24-7-3/h5,9-11,15H,1,6-8H2,2-4H3. The summed E-state index contributed by atoms with van der Waals surface area (Å²) in [5.41, 5.74) is 1.10. The first-order valence-electron chi connectivity index (χ1n) is 7.79. The van der Waals surface area contributed by atoms with Crippen LogP contribution in [0.2, 0.25) is 0 Å². The highest BCUT2D eigenvalue weighted by Gasteiger charge is 2.43. The van der Waals surface area contributed by atoms with Gasteiger partial charge < -0.3 is 14.2 Å². The number of methoxy groups -OCH3 is 1. The zero-order valence-corrected chi connectivity index (χ0v) is 14.2. The first-order valence-corrected chi connectivity index (χ1v) is 7.79. The molecule has 2 rings (SSSR count). The lowest BCUT2D eigenvalue weighted by molar-refractivity contribution is 0.152. The van der Waals surface area contributed by atoms with Gasteiger partial charge in [-0.1, -0.05) is 6.08 Å². The van der Waals surface area contributed by atoms with Gasteiger partial charge in [-0.2, -0.15) is 0 Å². The molecule has 0 saturated carbocycles. The molecular formula is C17H22N2O5. The van der Waals surface area contributed by atoms with Crippen molar-refractivity contribution in [2.45, 2.75) is 26.4 Å². The molecule has 0 fully saturated rings. The Morgan fingerprint density at radius 3 is 2.21 bits per heavy atom. The second kappa shape index (κ2) is 7.72. The normalized spacial score (nSPS) is 15.7. The van der Waals surface area contributed by atoms with Crippen LogP contribution in [0.1, 0.15) is 20.3 Å². The topological polar surface area (TPSA) is 68.3 Å². The summed E-state index contributed by atoms with van der Waals surface area (Å²) in [4.78, 5) is 27.8. The second-order valence-corrected chi connectivity index (χ2v) is 5.00. The van der Waals surface area contributed by atoms with E-state index in [-0.39, 0.29) is 13.2 Å². The van der Waals surface area contributed by atoms with Crippen LogP contribution in [0.5, 0.6) is 5.75 Å². The maximum absolute atomic E-state index is 12.5. The minimum atomic E-state index is -0.595. The van der Waals surface area contributed by atoms with E-state index in [1.165, 1.54) is 16.9 Å². The monoisotopic (exact) mass is 334 g/mol. The Hall–Kier alpha value is -2.70. The smallest absolute Gasteiger partial charge is 0.416 e. The number of benzene rings is 1. The van der Waals surface area contributed by atoms with Gasteiger partial charge in [0.2, 0.25) is 0 Å². The summed E-state index contributed by atoms with van der Waals surface area (Å²) in [6.07, 6.45) is 0.358. The lowest BCUT2D eigenvalue weighted by Gasteiger charge is -2.28.